The molecule has 0 amide bonds. The summed E-state index contributed by atoms with van der Waals surface area (Å²) in [5.74, 6) is 0.903. The summed E-state index contributed by atoms with van der Waals surface area (Å²) >= 11 is 0. The fraction of sp³-hybridized carbons (Fsp3) is 0.583. The lowest BCUT2D eigenvalue weighted by atomic mass is 9.99. The van der Waals surface area contributed by atoms with Gasteiger partial charge in [0.25, 0.3) is 0 Å². The maximum Gasteiger partial charge on any atom is 0.0853 e. The molecule has 1 heterocycles. The molecule has 1 N–H and O–H groups in total. The van der Waals surface area contributed by atoms with Gasteiger partial charge in [-0.3, -0.25) is 4.98 Å². The van der Waals surface area contributed by atoms with Gasteiger partial charge in [-0.05, 0) is 29.5 Å². The van der Waals surface area contributed by atoms with E-state index in [4.69, 9.17) is 5.11 Å². The van der Waals surface area contributed by atoms with Crippen LogP contribution in [0.5, 0.6) is 0 Å². The molecule has 0 saturated heterocycles. The molecule has 0 aliphatic carbocycles. The first kappa shape index (κ1) is 11.2. The Morgan fingerprint density at radius 2 is 1.79 bits per heavy atom. The van der Waals surface area contributed by atoms with Crippen LogP contribution in [0.2, 0.25) is 0 Å². The van der Waals surface area contributed by atoms with Crippen molar-refractivity contribution >= 4 is 0 Å². The first-order valence-corrected chi connectivity index (χ1v) is 5.16. The van der Waals surface area contributed by atoms with Crippen molar-refractivity contribution in [2.75, 3.05) is 0 Å². The van der Waals surface area contributed by atoms with Crippen LogP contribution < -0.4 is 0 Å². The quantitative estimate of drug-likeness (QED) is 0.800. The molecular formula is C12H19NO. The molecule has 0 unspecified atom stereocenters. The van der Waals surface area contributed by atoms with Crippen molar-refractivity contribution in [1.29, 1.82) is 0 Å². The fourth-order valence-corrected chi connectivity index (χ4v) is 1.35. The van der Waals surface area contributed by atoms with E-state index in [9.17, 15) is 0 Å². The SMILES string of the molecule is CC(C)c1cc(CO)nc(C(C)C)c1. The van der Waals surface area contributed by atoms with Gasteiger partial charge in [0.05, 0.1) is 12.3 Å². The van der Waals surface area contributed by atoms with Crippen LogP contribution in [0.4, 0.5) is 0 Å². The molecule has 1 aromatic heterocycles. The lowest BCUT2D eigenvalue weighted by molar-refractivity contribution is 0.276. The summed E-state index contributed by atoms with van der Waals surface area (Å²) in [6.07, 6.45) is 0. The van der Waals surface area contributed by atoms with E-state index in [2.05, 4.69) is 38.7 Å². The van der Waals surface area contributed by atoms with Crippen LogP contribution in [-0.4, -0.2) is 10.1 Å². The molecule has 1 aromatic rings. The Labute approximate surface area is 86.0 Å². The molecule has 14 heavy (non-hydrogen) atoms. The van der Waals surface area contributed by atoms with E-state index < -0.39 is 0 Å². The van der Waals surface area contributed by atoms with Gasteiger partial charge in [-0.25, -0.2) is 0 Å². The molecule has 0 fully saturated rings. The van der Waals surface area contributed by atoms with Crippen molar-refractivity contribution in [1.82, 2.24) is 4.98 Å². The zero-order valence-corrected chi connectivity index (χ0v) is 9.41. The number of hydrogen-bond acceptors (Lipinski definition) is 2. The average Bonchev–Trinajstić information content (AvgIpc) is 2.16. The molecule has 0 saturated carbocycles. The molecule has 0 aliphatic rings. The third-order valence-corrected chi connectivity index (χ3v) is 2.34. The van der Waals surface area contributed by atoms with Crippen LogP contribution in [0.15, 0.2) is 12.1 Å². The number of aliphatic hydroxyl groups is 1. The van der Waals surface area contributed by atoms with Crippen LogP contribution in [0.25, 0.3) is 0 Å². The molecule has 1 rings (SSSR count). The minimum absolute atomic E-state index is 0.0281. The van der Waals surface area contributed by atoms with E-state index in [1.165, 1.54) is 5.56 Å². The van der Waals surface area contributed by atoms with E-state index >= 15 is 0 Å². The second-order valence-electron chi connectivity index (χ2n) is 4.28. The summed E-state index contributed by atoms with van der Waals surface area (Å²) in [6, 6.07) is 4.12. The minimum atomic E-state index is 0.0281. The summed E-state index contributed by atoms with van der Waals surface area (Å²) < 4.78 is 0. The van der Waals surface area contributed by atoms with Crippen molar-refractivity contribution in [3.63, 3.8) is 0 Å². The predicted molar refractivity (Wildman–Crippen MR) is 58.3 cm³/mol. The normalized spacial score (nSPS) is 11.4. The Kier molecular flexibility index (Phi) is 3.64. The van der Waals surface area contributed by atoms with E-state index in [0.717, 1.165) is 11.4 Å². The maximum atomic E-state index is 9.09. The summed E-state index contributed by atoms with van der Waals surface area (Å²) in [7, 11) is 0. The van der Waals surface area contributed by atoms with Crippen LogP contribution in [0.1, 0.15) is 56.5 Å². The molecule has 0 radical (unpaired) electrons. The van der Waals surface area contributed by atoms with Gasteiger partial charge in [-0.15, -0.1) is 0 Å². The van der Waals surface area contributed by atoms with Crippen molar-refractivity contribution in [3.05, 3.63) is 29.1 Å². The molecule has 2 heteroatoms. The van der Waals surface area contributed by atoms with Gasteiger partial charge in [-0.1, -0.05) is 27.7 Å². The second-order valence-corrected chi connectivity index (χ2v) is 4.28. The average molecular weight is 193 g/mol. The van der Waals surface area contributed by atoms with E-state index in [1.807, 2.05) is 6.07 Å². The topological polar surface area (TPSA) is 33.1 Å². The fourth-order valence-electron chi connectivity index (χ4n) is 1.35. The Bertz CT molecular complexity index is 279. The standard InChI is InChI=1S/C12H19NO/c1-8(2)10-5-11(7-14)13-12(6-10)9(3)4/h5-6,8-9,14H,7H2,1-4H3. The predicted octanol–water partition coefficient (Wildman–Crippen LogP) is 2.82. The number of nitrogens with zero attached hydrogens (tertiary/aromatic N) is 1. The van der Waals surface area contributed by atoms with Crippen LogP contribution in [-0.2, 0) is 6.61 Å². The monoisotopic (exact) mass is 193 g/mol. The van der Waals surface area contributed by atoms with Gasteiger partial charge < -0.3 is 5.11 Å². The Morgan fingerprint density at radius 3 is 2.21 bits per heavy atom. The highest BCUT2D eigenvalue weighted by Crippen LogP contribution is 2.20. The Hall–Kier alpha value is -0.890. The Morgan fingerprint density at radius 1 is 1.14 bits per heavy atom. The smallest absolute Gasteiger partial charge is 0.0853 e. The summed E-state index contributed by atoms with van der Waals surface area (Å²) in [5.41, 5.74) is 3.10. The summed E-state index contributed by atoms with van der Waals surface area (Å²) in [4.78, 5) is 4.38. The lowest BCUT2D eigenvalue weighted by Gasteiger charge is -2.12. The van der Waals surface area contributed by atoms with Crippen molar-refractivity contribution in [3.8, 4) is 0 Å². The van der Waals surface area contributed by atoms with E-state index in [-0.39, 0.29) is 6.61 Å². The van der Waals surface area contributed by atoms with Gasteiger partial charge in [0.15, 0.2) is 0 Å². The molecule has 0 atom stereocenters. The van der Waals surface area contributed by atoms with Crippen LogP contribution >= 0.6 is 0 Å². The van der Waals surface area contributed by atoms with Crippen molar-refractivity contribution < 1.29 is 5.11 Å². The molecule has 0 spiro atoms. The summed E-state index contributed by atoms with van der Waals surface area (Å²) in [5, 5.41) is 9.09. The molecule has 0 bridgehead atoms. The van der Waals surface area contributed by atoms with Gasteiger partial charge in [0, 0.05) is 5.69 Å². The highest BCUT2D eigenvalue weighted by Gasteiger charge is 2.07. The van der Waals surface area contributed by atoms with Crippen LogP contribution in [0.3, 0.4) is 0 Å². The molecule has 2 nitrogen and oxygen atoms in total. The first-order valence-electron chi connectivity index (χ1n) is 5.16. The number of pyridine rings is 1. The zero-order chi connectivity index (χ0) is 10.7. The number of rotatable bonds is 3. The van der Waals surface area contributed by atoms with Crippen LogP contribution in [0, 0.1) is 0 Å². The lowest BCUT2D eigenvalue weighted by Crippen LogP contribution is -2.01. The van der Waals surface area contributed by atoms with Crippen molar-refractivity contribution in [2.24, 2.45) is 0 Å². The first-order chi connectivity index (χ1) is 6.54. The highest BCUT2D eigenvalue weighted by molar-refractivity contribution is 5.25. The number of hydrogen-bond donors (Lipinski definition) is 1. The molecule has 0 aromatic carbocycles. The van der Waals surface area contributed by atoms with Gasteiger partial charge >= 0.3 is 0 Å². The highest BCUT2D eigenvalue weighted by atomic mass is 16.3. The summed E-state index contributed by atoms with van der Waals surface area (Å²) in [6.45, 7) is 8.57. The zero-order valence-electron chi connectivity index (χ0n) is 9.41. The van der Waals surface area contributed by atoms with E-state index in [0.29, 0.717) is 11.8 Å². The minimum Gasteiger partial charge on any atom is -0.390 e. The third kappa shape index (κ3) is 2.55. The van der Waals surface area contributed by atoms with Gasteiger partial charge in [-0.2, -0.15) is 0 Å². The number of aromatic nitrogens is 1. The molecule has 0 aliphatic heterocycles. The second kappa shape index (κ2) is 4.56. The molecule has 78 valence electrons. The Balaban J connectivity index is 3.13. The maximum absolute atomic E-state index is 9.09. The van der Waals surface area contributed by atoms with E-state index in [1.54, 1.807) is 0 Å². The number of aliphatic hydroxyl groups excluding tert-OH is 1. The van der Waals surface area contributed by atoms with Gasteiger partial charge in [0.2, 0.25) is 0 Å². The third-order valence-electron chi connectivity index (χ3n) is 2.34. The molecular weight excluding hydrogens is 174 g/mol. The van der Waals surface area contributed by atoms with Crippen molar-refractivity contribution in [2.45, 2.75) is 46.1 Å². The largest absolute Gasteiger partial charge is 0.390 e. The van der Waals surface area contributed by atoms with Gasteiger partial charge in [0.1, 0.15) is 0 Å².